The normalized spacial score (nSPS) is 25.2. The molecule has 0 aromatic heterocycles. The molecule has 62 valence electrons. The Morgan fingerprint density at radius 1 is 1.42 bits per heavy atom. The monoisotopic (exact) mass is 158 g/mol. The van der Waals surface area contributed by atoms with Crippen molar-refractivity contribution in [3.05, 3.63) is 60.8 Å². The molecule has 0 spiro atoms. The van der Waals surface area contributed by atoms with E-state index in [2.05, 4.69) is 31.4 Å². The Hall–Kier alpha value is -1.30. The van der Waals surface area contributed by atoms with Gasteiger partial charge in [-0.3, -0.25) is 0 Å². The number of rotatable bonds is 2. The minimum Gasteiger partial charge on any atom is -0.102 e. The second-order valence-corrected chi connectivity index (χ2v) is 2.73. The summed E-state index contributed by atoms with van der Waals surface area (Å²) in [6.07, 6.45) is 12.2. The van der Waals surface area contributed by atoms with Gasteiger partial charge in [0, 0.05) is 5.92 Å². The Morgan fingerprint density at radius 3 is 2.67 bits per heavy atom. The lowest BCUT2D eigenvalue weighted by molar-refractivity contribution is 0.942. The highest BCUT2D eigenvalue weighted by Gasteiger charge is 2.12. The summed E-state index contributed by atoms with van der Waals surface area (Å²) in [5.41, 5.74) is 2.52. The van der Waals surface area contributed by atoms with E-state index < -0.39 is 0 Å². The summed E-state index contributed by atoms with van der Waals surface area (Å²) in [7, 11) is 0. The van der Waals surface area contributed by atoms with Crippen molar-refractivity contribution >= 4 is 0 Å². The maximum atomic E-state index is 3.82. The van der Waals surface area contributed by atoms with Gasteiger partial charge in [0.2, 0.25) is 0 Å². The third-order valence-corrected chi connectivity index (χ3v) is 2.10. The molecule has 1 aliphatic carbocycles. The number of hydrogen-bond donors (Lipinski definition) is 0. The number of allylic oxidation sites excluding steroid dienone is 8. The first-order valence-corrected chi connectivity index (χ1v) is 4.13. The zero-order chi connectivity index (χ0) is 8.97. The first-order valence-electron chi connectivity index (χ1n) is 4.13. The van der Waals surface area contributed by atoms with E-state index in [0.717, 1.165) is 0 Å². The van der Waals surface area contributed by atoms with E-state index in [4.69, 9.17) is 0 Å². The van der Waals surface area contributed by atoms with Crippen molar-refractivity contribution < 1.29 is 0 Å². The van der Waals surface area contributed by atoms with Crippen LogP contribution in [-0.4, -0.2) is 0 Å². The molecule has 0 amide bonds. The average molecular weight is 158 g/mol. The Kier molecular flexibility index (Phi) is 2.87. The minimum atomic E-state index is 0.331. The zero-order valence-electron chi connectivity index (χ0n) is 7.46. The van der Waals surface area contributed by atoms with Crippen LogP contribution in [0.2, 0.25) is 0 Å². The molecule has 0 heteroatoms. The summed E-state index contributed by atoms with van der Waals surface area (Å²) < 4.78 is 0. The quantitative estimate of drug-likeness (QED) is 0.540. The predicted molar refractivity (Wildman–Crippen MR) is 54.9 cm³/mol. The van der Waals surface area contributed by atoms with Gasteiger partial charge in [0.15, 0.2) is 0 Å². The van der Waals surface area contributed by atoms with E-state index in [-0.39, 0.29) is 0 Å². The van der Waals surface area contributed by atoms with Crippen LogP contribution < -0.4 is 0 Å². The van der Waals surface area contributed by atoms with Gasteiger partial charge in [-0.1, -0.05) is 43.0 Å². The minimum absolute atomic E-state index is 0.331. The lowest BCUT2D eigenvalue weighted by Crippen LogP contribution is -2.03. The molecule has 1 unspecified atom stereocenters. The summed E-state index contributed by atoms with van der Waals surface area (Å²) in [6.45, 7) is 9.64. The van der Waals surface area contributed by atoms with Gasteiger partial charge >= 0.3 is 0 Å². The highest BCUT2D eigenvalue weighted by molar-refractivity contribution is 5.44. The van der Waals surface area contributed by atoms with Crippen molar-refractivity contribution in [2.24, 2.45) is 5.92 Å². The standard InChI is InChI=1S/C12H14/c1-4-10-8-7-9-11(5-2)12(10)6-3/h4-9,12H,1,3H2,2H3. The van der Waals surface area contributed by atoms with Gasteiger partial charge in [0.1, 0.15) is 0 Å². The summed E-state index contributed by atoms with van der Waals surface area (Å²) in [4.78, 5) is 0. The second kappa shape index (κ2) is 3.91. The molecule has 1 atom stereocenters. The van der Waals surface area contributed by atoms with E-state index in [9.17, 15) is 0 Å². The number of hydrogen-bond acceptors (Lipinski definition) is 0. The Morgan fingerprint density at radius 2 is 2.17 bits per heavy atom. The molecule has 0 nitrogen and oxygen atoms in total. The lowest BCUT2D eigenvalue weighted by Gasteiger charge is -2.17. The molecule has 0 aromatic carbocycles. The fourth-order valence-electron chi connectivity index (χ4n) is 1.41. The van der Waals surface area contributed by atoms with Crippen LogP contribution in [0.3, 0.4) is 0 Å². The van der Waals surface area contributed by atoms with Gasteiger partial charge in [-0.2, -0.15) is 0 Å². The molecule has 12 heavy (non-hydrogen) atoms. The maximum absolute atomic E-state index is 3.82. The average Bonchev–Trinajstić information content (AvgIpc) is 2.16. The fourth-order valence-corrected chi connectivity index (χ4v) is 1.41. The third kappa shape index (κ3) is 1.48. The molecule has 0 heterocycles. The zero-order valence-corrected chi connectivity index (χ0v) is 7.46. The van der Waals surface area contributed by atoms with Crippen molar-refractivity contribution in [3.63, 3.8) is 0 Å². The van der Waals surface area contributed by atoms with Gasteiger partial charge in [0.05, 0.1) is 0 Å². The van der Waals surface area contributed by atoms with Crippen LogP contribution in [0.25, 0.3) is 0 Å². The Labute approximate surface area is 74.3 Å². The van der Waals surface area contributed by atoms with Crippen molar-refractivity contribution in [1.82, 2.24) is 0 Å². The Balaban J connectivity index is 3.04. The molecule has 0 saturated heterocycles. The highest BCUT2D eigenvalue weighted by atomic mass is 14.2. The lowest BCUT2D eigenvalue weighted by atomic mass is 9.87. The van der Waals surface area contributed by atoms with E-state index in [1.54, 1.807) is 0 Å². The largest absolute Gasteiger partial charge is 0.102 e. The molecule has 1 aliphatic rings. The van der Waals surface area contributed by atoms with Gasteiger partial charge in [-0.25, -0.2) is 0 Å². The van der Waals surface area contributed by atoms with Crippen LogP contribution >= 0.6 is 0 Å². The molecule has 0 fully saturated rings. The van der Waals surface area contributed by atoms with Crippen LogP contribution in [-0.2, 0) is 0 Å². The van der Waals surface area contributed by atoms with Gasteiger partial charge in [0.25, 0.3) is 0 Å². The molecule has 0 N–H and O–H groups in total. The molecule has 0 bridgehead atoms. The molecular formula is C12H14. The maximum Gasteiger partial charge on any atom is 0.0263 e. The molecule has 1 rings (SSSR count). The highest BCUT2D eigenvalue weighted by Crippen LogP contribution is 2.26. The first kappa shape index (κ1) is 8.79. The van der Waals surface area contributed by atoms with E-state index in [1.165, 1.54) is 11.1 Å². The van der Waals surface area contributed by atoms with E-state index in [0.29, 0.717) is 5.92 Å². The second-order valence-electron chi connectivity index (χ2n) is 2.73. The third-order valence-electron chi connectivity index (χ3n) is 2.10. The molecule has 0 radical (unpaired) electrons. The molecule has 0 aliphatic heterocycles. The summed E-state index contributed by atoms with van der Waals surface area (Å²) in [6, 6.07) is 0. The van der Waals surface area contributed by atoms with Gasteiger partial charge < -0.3 is 0 Å². The summed E-state index contributed by atoms with van der Waals surface area (Å²) >= 11 is 0. The summed E-state index contributed by atoms with van der Waals surface area (Å²) in [5, 5.41) is 0. The summed E-state index contributed by atoms with van der Waals surface area (Å²) in [5.74, 6) is 0.331. The predicted octanol–water partition coefficient (Wildman–Crippen LogP) is 3.42. The van der Waals surface area contributed by atoms with E-state index >= 15 is 0 Å². The fraction of sp³-hybridized carbons (Fsp3) is 0.167. The van der Waals surface area contributed by atoms with Crippen LogP contribution in [0.4, 0.5) is 0 Å². The van der Waals surface area contributed by atoms with Crippen LogP contribution in [0, 0.1) is 5.92 Å². The SMILES string of the molecule is C=CC1=CC=CC(=CC)C1C=C. The van der Waals surface area contributed by atoms with Gasteiger partial charge in [-0.15, -0.1) is 6.58 Å². The smallest absolute Gasteiger partial charge is 0.0263 e. The Bertz CT molecular complexity index is 274. The first-order chi connectivity index (χ1) is 5.83. The van der Waals surface area contributed by atoms with Crippen LogP contribution in [0.5, 0.6) is 0 Å². The molecular weight excluding hydrogens is 144 g/mol. The topological polar surface area (TPSA) is 0 Å². The van der Waals surface area contributed by atoms with Crippen LogP contribution in [0.1, 0.15) is 6.92 Å². The molecule has 0 saturated carbocycles. The molecule has 0 aromatic rings. The van der Waals surface area contributed by atoms with Crippen molar-refractivity contribution in [2.75, 3.05) is 0 Å². The van der Waals surface area contributed by atoms with Crippen molar-refractivity contribution in [2.45, 2.75) is 6.92 Å². The van der Waals surface area contributed by atoms with Crippen molar-refractivity contribution in [1.29, 1.82) is 0 Å². The van der Waals surface area contributed by atoms with Crippen LogP contribution in [0.15, 0.2) is 60.8 Å². The van der Waals surface area contributed by atoms with E-state index in [1.807, 2.05) is 25.2 Å². The van der Waals surface area contributed by atoms with Crippen molar-refractivity contribution in [3.8, 4) is 0 Å². The van der Waals surface area contributed by atoms with Gasteiger partial charge in [-0.05, 0) is 18.1 Å².